The molecule has 142 valence electrons. The van der Waals surface area contributed by atoms with Gasteiger partial charge in [0.25, 0.3) is 0 Å². The average Bonchev–Trinajstić information content (AvgIpc) is 3.43. The number of rotatable bonds is 4. The van der Waals surface area contributed by atoms with Crippen molar-refractivity contribution >= 4 is 28.8 Å². The number of benzene rings is 1. The molecule has 1 aliphatic rings. The van der Waals surface area contributed by atoms with Gasteiger partial charge in [-0.2, -0.15) is 14.9 Å². The highest BCUT2D eigenvalue weighted by Gasteiger charge is 2.20. The van der Waals surface area contributed by atoms with Crippen LogP contribution in [0.15, 0.2) is 53.7 Å². The summed E-state index contributed by atoms with van der Waals surface area (Å²) in [6, 6.07) is 12.1. The molecule has 4 aromatic rings. The zero-order chi connectivity index (χ0) is 18.9. The van der Waals surface area contributed by atoms with Crippen molar-refractivity contribution in [3.05, 3.63) is 48.8 Å². The van der Waals surface area contributed by atoms with Gasteiger partial charge in [0.15, 0.2) is 11.5 Å². The van der Waals surface area contributed by atoms with Gasteiger partial charge in [-0.3, -0.25) is 10.2 Å². The minimum Gasteiger partial charge on any atom is -0.378 e. The van der Waals surface area contributed by atoms with Crippen LogP contribution in [0.5, 0.6) is 0 Å². The van der Waals surface area contributed by atoms with Crippen LogP contribution >= 0.6 is 11.9 Å². The van der Waals surface area contributed by atoms with Crippen LogP contribution in [0.4, 0.5) is 5.82 Å². The van der Waals surface area contributed by atoms with E-state index in [4.69, 9.17) is 14.9 Å². The van der Waals surface area contributed by atoms with Crippen molar-refractivity contribution in [3.63, 3.8) is 0 Å². The van der Waals surface area contributed by atoms with Crippen LogP contribution in [0.25, 0.3) is 28.0 Å². The number of pyridine rings is 1. The zero-order valence-electron chi connectivity index (χ0n) is 15.1. The van der Waals surface area contributed by atoms with Gasteiger partial charge >= 0.3 is 0 Å². The Labute approximate surface area is 165 Å². The normalized spacial score (nSPS) is 14.7. The van der Waals surface area contributed by atoms with Gasteiger partial charge in [-0.25, -0.2) is 4.98 Å². The fraction of sp³-hybridized carbons (Fsp3) is 0.211. The van der Waals surface area contributed by atoms with Gasteiger partial charge in [0, 0.05) is 29.4 Å². The van der Waals surface area contributed by atoms with Crippen LogP contribution < -0.4 is 10.0 Å². The third-order valence-electron chi connectivity index (χ3n) is 4.88. The number of aromatic nitrogens is 5. The quantitative estimate of drug-likeness (QED) is 0.514. The Morgan fingerprint density at radius 3 is 2.75 bits per heavy atom. The van der Waals surface area contributed by atoms with Crippen LogP contribution in [-0.4, -0.2) is 51.3 Å². The number of nitrogens with zero attached hydrogens (tertiary/aromatic N) is 5. The highest BCUT2D eigenvalue weighted by atomic mass is 32.2. The molecule has 28 heavy (non-hydrogen) atoms. The number of ether oxygens (including phenoxy) is 1. The van der Waals surface area contributed by atoms with Crippen LogP contribution in [-0.2, 0) is 4.74 Å². The Kier molecular flexibility index (Phi) is 4.47. The first-order valence-corrected chi connectivity index (χ1v) is 9.90. The number of fused-ring (bicyclic) bond motifs is 1. The number of aromatic amines is 1. The van der Waals surface area contributed by atoms with E-state index < -0.39 is 0 Å². The van der Waals surface area contributed by atoms with Crippen molar-refractivity contribution in [2.24, 2.45) is 5.14 Å². The standard InChI is InChI=1S/C19H19N7OS/c20-28-16-4-2-1-3-13(16)14-11-18(25-7-9-27-10-8-25)23-19-15(14)12-22-26(19)17-5-6-21-24-17/h1-6,11-12H,7-10,20H2,(H,21,24). The van der Waals surface area contributed by atoms with Crippen molar-refractivity contribution in [3.8, 4) is 16.9 Å². The van der Waals surface area contributed by atoms with Crippen molar-refractivity contribution in [2.75, 3.05) is 31.2 Å². The molecule has 0 aliphatic carbocycles. The zero-order valence-corrected chi connectivity index (χ0v) is 15.9. The summed E-state index contributed by atoms with van der Waals surface area (Å²) in [5.41, 5.74) is 2.91. The molecule has 4 heterocycles. The fourth-order valence-corrected chi connectivity index (χ4v) is 3.96. The maximum atomic E-state index is 5.94. The summed E-state index contributed by atoms with van der Waals surface area (Å²) < 4.78 is 7.29. The summed E-state index contributed by atoms with van der Waals surface area (Å²) in [5.74, 6) is 1.68. The highest BCUT2D eigenvalue weighted by molar-refractivity contribution is 7.97. The van der Waals surface area contributed by atoms with Crippen LogP contribution in [0.3, 0.4) is 0 Å². The molecule has 1 aliphatic heterocycles. The summed E-state index contributed by atoms with van der Waals surface area (Å²) in [7, 11) is 0. The lowest BCUT2D eigenvalue weighted by Crippen LogP contribution is -2.36. The maximum Gasteiger partial charge on any atom is 0.167 e. The number of hydrogen-bond acceptors (Lipinski definition) is 7. The van der Waals surface area contributed by atoms with Gasteiger partial charge < -0.3 is 9.64 Å². The fourth-order valence-electron chi connectivity index (χ4n) is 3.50. The number of hydrogen-bond donors (Lipinski definition) is 2. The van der Waals surface area contributed by atoms with Gasteiger partial charge in [-0.05, 0) is 35.2 Å². The summed E-state index contributed by atoms with van der Waals surface area (Å²) >= 11 is 1.25. The first kappa shape index (κ1) is 17.2. The van der Waals surface area contributed by atoms with Gasteiger partial charge in [-0.1, -0.05) is 18.2 Å². The van der Waals surface area contributed by atoms with E-state index in [1.54, 1.807) is 10.9 Å². The lowest BCUT2D eigenvalue weighted by molar-refractivity contribution is 0.122. The monoisotopic (exact) mass is 393 g/mol. The molecule has 0 saturated carbocycles. The van der Waals surface area contributed by atoms with E-state index in [1.165, 1.54) is 11.9 Å². The molecule has 0 amide bonds. The SMILES string of the molecule is NSc1ccccc1-c1cc(N2CCOCC2)nc2c1cnn2-c1ccn[nH]1. The molecule has 1 saturated heterocycles. The van der Waals surface area contributed by atoms with E-state index in [2.05, 4.69) is 32.3 Å². The second-order valence-corrected chi connectivity index (χ2v) is 7.15. The molecule has 1 aromatic carbocycles. The molecular weight excluding hydrogens is 374 g/mol. The minimum absolute atomic E-state index is 0.699. The third-order valence-corrected chi connectivity index (χ3v) is 5.49. The third kappa shape index (κ3) is 2.93. The Balaban J connectivity index is 1.76. The molecular formula is C19H19N7OS. The first-order chi connectivity index (χ1) is 13.8. The van der Waals surface area contributed by atoms with Crippen molar-refractivity contribution in [2.45, 2.75) is 4.90 Å². The maximum absolute atomic E-state index is 5.94. The number of morpholine rings is 1. The molecule has 8 nitrogen and oxygen atoms in total. The van der Waals surface area contributed by atoms with Crippen molar-refractivity contribution < 1.29 is 4.74 Å². The van der Waals surface area contributed by atoms with Crippen molar-refractivity contribution in [1.29, 1.82) is 0 Å². The first-order valence-electron chi connectivity index (χ1n) is 9.02. The van der Waals surface area contributed by atoms with Gasteiger partial charge in [0.1, 0.15) is 5.82 Å². The molecule has 0 atom stereocenters. The molecule has 0 bridgehead atoms. The van der Waals surface area contributed by atoms with E-state index in [0.29, 0.717) is 13.2 Å². The summed E-state index contributed by atoms with van der Waals surface area (Å²) in [6.45, 7) is 3.01. The summed E-state index contributed by atoms with van der Waals surface area (Å²) in [4.78, 5) is 8.20. The van der Waals surface area contributed by atoms with Gasteiger partial charge in [-0.15, -0.1) is 0 Å². The van der Waals surface area contributed by atoms with E-state index in [-0.39, 0.29) is 0 Å². The molecule has 3 aromatic heterocycles. The number of nitrogens with one attached hydrogen (secondary N) is 1. The number of H-pyrrole nitrogens is 1. The largest absolute Gasteiger partial charge is 0.378 e. The highest BCUT2D eigenvalue weighted by Crippen LogP contribution is 2.36. The molecule has 3 N–H and O–H groups in total. The van der Waals surface area contributed by atoms with Gasteiger partial charge in [0.2, 0.25) is 0 Å². The summed E-state index contributed by atoms with van der Waals surface area (Å²) in [5, 5.41) is 18.5. The van der Waals surface area contributed by atoms with Crippen LogP contribution in [0.2, 0.25) is 0 Å². The van der Waals surface area contributed by atoms with E-state index >= 15 is 0 Å². The molecule has 5 rings (SSSR count). The van der Waals surface area contributed by atoms with E-state index in [9.17, 15) is 0 Å². The van der Waals surface area contributed by atoms with E-state index in [0.717, 1.165) is 51.8 Å². The summed E-state index contributed by atoms with van der Waals surface area (Å²) in [6.07, 6.45) is 3.55. The Morgan fingerprint density at radius 1 is 1.11 bits per heavy atom. The van der Waals surface area contributed by atoms with Crippen LogP contribution in [0, 0.1) is 0 Å². The van der Waals surface area contributed by atoms with Crippen LogP contribution in [0.1, 0.15) is 0 Å². The molecule has 9 heteroatoms. The second-order valence-electron chi connectivity index (χ2n) is 6.48. The molecule has 0 radical (unpaired) electrons. The van der Waals surface area contributed by atoms with Crippen molar-refractivity contribution in [1.82, 2.24) is 25.0 Å². The predicted octanol–water partition coefficient (Wildman–Crippen LogP) is 2.61. The molecule has 0 unspecified atom stereocenters. The smallest absolute Gasteiger partial charge is 0.167 e. The van der Waals surface area contributed by atoms with Gasteiger partial charge in [0.05, 0.1) is 25.6 Å². The predicted molar refractivity (Wildman–Crippen MR) is 110 cm³/mol. The Bertz CT molecular complexity index is 1100. The molecule has 1 fully saturated rings. The second kappa shape index (κ2) is 7.27. The topological polar surface area (TPSA) is 97.9 Å². The van der Waals surface area contributed by atoms with E-state index in [1.807, 2.05) is 30.5 Å². The Morgan fingerprint density at radius 2 is 1.96 bits per heavy atom. The number of nitrogens with two attached hydrogens (primary N) is 1. The lowest BCUT2D eigenvalue weighted by atomic mass is 10.0. The molecule has 0 spiro atoms. The minimum atomic E-state index is 0.699. The Hall–Kier alpha value is -2.88. The number of anilines is 1. The average molecular weight is 393 g/mol. The lowest BCUT2D eigenvalue weighted by Gasteiger charge is -2.28.